The third kappa shape index (κ3) is 2.30. The summed E-state index contributed by atoms with van der Waals surface area (Å²) in [7, 11) is 0. The van der Waals surface area contributed by atoms with E-state index in [1.165, 1.54) is 15.9 Å². The summed E-state index contributed by atoms with van der Waals surface area (Å²) in [5, 5.41) is 0.515. The number of carbonyl (C=O) groups is 1. The highest BCUT2D eigenvalue weighted by molar-refractivity contribution is 7.20. The highest BCUT2D eigenvalue weighted by Gasteiger charge is 2.31. The van der Waals surface area contributed by atoms with E-state index in [1.54, 1.807) is 11.5 Å². The first-order chi connectivity index (χ1) is 11.1. The first-order valence-corrected chi connectivity index (χ1v) is 8.78. The average Bonchev–Trinajstić information content (AvgIpc) is 3.11. The average molecular weight is 334 g/mol. The summed E-state index contributed by atoms with van der Waals surface area (Å²) in [6, 6.07) is 0.00845. The smallest absolute Gasteiger partial charge is 0.332 e. The SMILES string of the molecule is Cc1c(C=O)sc2c1c(=O)n(C1CC1)c(=O)n2CC1CCCO1. The lowest BCUT2D eigenvalue weighted by molar-refractivity contribution is 0.0966. The molecule has 4 rings (SSSR count). The van der Waals surface area contributed by atoms with Gasteiger partial charge in [-0.2, -0.15) is 0 Å². The van der Waals surface area contributed by atoms with Crippen molar-refractivity contribution in [2.75, 3.05) is 6.61 Å². The number of rotatable bonds is 4. The van der Waals surface area contributed by atoms with Crippen LogP contribution in [0.5, 0.6) is 0 Å². The fourth-order valence-electron chi connectivity index (χ4n) is 3.30. The molecule has 1 unspecified atom stereocenters. The van der Waals surface area contributed by atoms with Crippen molar-refractivity contribution in [1.82, 2.24) is 9.13 Å². The van der Waals surface area contributed by atoms with Gasteiger partial charge in [0.15, 0.2) is 6.29 Å². The Kier molecular flexibility index (Phi) is 3.50. The Morgan fingerprint density at radius 1 is 1.30 bits per heavy atom. The quantitative estimate of drug-likeness (QED) is 0.800. The second-order valence-corrected chi connectivity index (χ2v) is 7.35. The molecule has 1 atom stereocenters. The number of hydrogen-bond acceptors (Lipinski definition) is 5. The van der Waals surface area contributed by atoms with Gasteiger partial charge in [-0.1, -0.05) is 0 Å². The van der Waals surface area contributed by atoms with Gasteiger partial charge >= 0.3 is 5.69 Å². The summed E-state index contributed by atoms with van der Waals surface area (Å²) in [4.78, 5) is 38.0. The van der Waals surface area contributed by atoms with Gasteiger partial charge in [-0.25, -0.2) is 4.79 Å². The maximum atomic E-state index is 12.9. The zero-order valence-electron chi connectivity index (χ0n) is 12.9. The van der Waals surface area contributed by atoms with E-state index in [2.05, 4.69) is 0 Å². The van der Waals surface area contributed by atoms with Gasteiger partial charge in [0, 0.05) is 12.6 Å². The number of carbonyl (C=O) groups excluding carboxylic acids is 1. The van der Waals surface area contributed by atoms with Crippen LogP contribution in [0.25, 0.3) is 10.2 Å². The lowest BCUT2D eigenvalue weighted by atomic mass is 10.2. The van der Waals surface area contributed by atoms with E-state index in [-0.39, 0.29) is 23.4 Å². The normalized spacial score (nSPS) is 21.2. The van der Waals surface area contributed by atoms with Crippen LogP contribution in [0.2, 0.25) is 0 Å². The molecule has 2 aliphatic rings. The molecular formula is C16H18N2O4S. The fraction of sp³-hybridized carbons (Fsp3) is 0.562. The minimum atomic E-state index is -0.265. The molecule has 2 aromatic heterocycles. The van der Waals surface area contributed by atoms with Crippen molar-refractivity contribution in [3.63, 3.8) is 0 Å². The van der Waals surface area contributed by atoms with Crippen molar-refractivity contribution >= 4 is 27.8 Å². The van der Waals surface area contributed by atoms with Crippen LogP contribution in [0.4, 0.5) is 0 Å². The molecule has 6 nitrogen and oxygen atoms in total. The van der Waals surface area contributed by atoms with Crippen molar-refractivity contribution in [3.05, 3.63) is 31.3 Å². The highest BCUT2D eigenvalue weighted by atomic mass is 32.1. The minimum Gasteiger partial charge on any atom is -0.376 e. The van der Waals surface area contributed by atoms with Crippen LogP contribution in [0, 0.1) is 6.92 Å². The molecule has 0 aromatic carbocycles. The second-order valence-electron chi connectivity index (χ2n) is 6.32. The molecule has 0 bridgehead atoms. The minimum absolute atomic E-state index is 0.00291. The highest BCUT2D eigenvalue weighted by Crippen LogP contribution is 2.34. The van der Waals surface area contributed by atoms with E-state index in [4.69, 9.17) is 4.74 Å². The number of nitrogens with zero attached hydrogens (tertiary/aromatic N) is 2. The number of fused-ring (bicyclic) bond motifs is 1. The monoisotopic (exact) mass is 334 g/mol. The summed E-state index contributed by atoms with van der Waals surface area (Å²) in [6.45, 7) is 2.94. The zero-order valence-corrected chi connectivity index (χ0v) is 13.7. The van der Waals surface area contributed by atoms with Gasteiger partial charge in [-0.3, -0.25) is 18.7 Å². The van der Waals surface area contributed by atoms with Crippen molar-refractivity contribution in [2.45, 2.75) is 51.3 Å². The topological polar surface area (TPSA) is 70.3 Å². The molecule has 1 saturated carbocycles. The maximum absolute atomic E-state index is 12.9. The summed E-state index contributed by atoms with van der Waals surface area (Å²) < 4.78 is 8.69. The molecule has 1 saturated heterocycles. The number of aromatic nitrogens is 2. The number of aryl methyl sites for hydroxylation is 1. The van der Waals surface area contributed by atoms with Crippen molar-refractivity contribution in [2.24, 2.45) is 0 Å². The van der Waals surface area contributed by atoms with E-state index in [0.717, 1.165) is 32.0 Å². The molecule has 1 aliphatic heterocycles. The van der Waals surface area contributed by atoms with E-state index >= 15 is 0 Å². The Morgan fingerprint density at radius 3 is 2.70 bits per heavy atom. The van der Waals surface area contributed by atoms with Crippen molar-refractivity contribution < 1.29 is 9.53 Å². The number of hydrogen-bond donors (Lipinski definition) is 0. The predicted molar refractivity (Wildman–Crippen MR) is 87.7 cm³/mol. The van der Waals surface area contributed by atoms with Gasteiger partial charge in [-0.15, -0.1) is 11.3 Å². The van der Waals surface area contributed by atoms with Crippen molar-refractivity contribution in [3.8, 4) is 0 Å². The molecule has 2 fully saturated rings. The predicted octanol–water partition coefficient (Wildman–Crippen LogP) is 1.86. The Labute approximate surface area is 136 Å². The molecule has 3 heterocycles. The molecule has 7 heteroatoms. The zero-order chi connectivity index (χ0) is 16.1. The van der Waals surface area contributed by atoms with Crippen LogP contribution in [0.15, 0.2) is 9.59 Å². The molecular weight excluding hydrogens is 316 g/mol. The standard InChI is InChI=1S/C16H18N2O4S/c1-9-12(8-19)23-15-13(9)14(20)18(10-4-5-10)16(21)17(15)7-11-3-2-6-22-11/h8,10-11H,2-7H2,1H3. The first-order valence-electron chi connectivity index (χ1n) is 7.97. The van der Waals surface area contributed by atoms with Gasteiger partial charge in [0.05, 0.1) is 22.9 Å². The number of ether oxygens (including phenoxy) is 1. The Balaban J connectivity index is 2.00. The van der Waals surface area contributed by atoms with E-state index in [0.29, 0.717) is 33.8 Å². The summed E-state index contributed by atoms with van der Waals surface area (Å²) >= 11 is 1.23. The summed E-state index contributed by atoms with van der Waals surface area (Å²) in [6.07, 6.45) is 4.41. The van der Waals surface area contributed by atoms with E-state index in [9.17, 15) is 14.4 Å². The molecule has 0 N–H and O–H groups in total. The lowest BCUT2D eigenvalue weighted by Gasteiger charge is -2.15. The number of aldehydes is 1. The Hall–Kier alpha value is -1.73. The second kappa shape index (κ2) is 5.42. The molecule has 0 spiro atoms. The molecule has 0 radical (unpaired) electrons. The summed E-state index contributed by atoms with van der Waals surface area (Å²) in [5.74, 6) is 0. The van der Waals surface area contributed by atoms with Crippen molar-refractivity contribution in [1.29, 1.82) is 0 Å². The van der Waals surface area contributed by atoms with Gasteiger partial charge in [0.25, 0.3) is 5.56 Å². The lowest BCUT2D eigenvalue weighted by Crippen LogP contribution is -2.40. The molecule has 2 aromatic rings. The Bertz CT molecular complexity index is 897. The van der Waals surface area contributed by atoms with Crippen LogP contribution in [0.3, 0.4) is 0 Å². The Morgan fingerprint density at radius 2 is 2.09 bits per heavy atom. The van der Waals surface area contributed by atoms with Gasteiger partial charge < -0.3 is 4.74 Å². The van der Waals surface area contributed by atoms with E-state index < -0.39 is 0 Å². The van der Waals surface area contributed by atoms with Crippen LogP contribution >= 0.6 is 11.3 Å². The molecule has 0 amide bonds. The van der Waals surface area contributed by atoms with Crippen LogP contribution in [-0.2, 0) is 11.3 Å². The maximum Gasteiger partial charge on any atom is 0.332 e. The van der Waals surface area contributed by atoms with Crippen LogP contribution in [-0.4, -0.2) is 28.1 Å². The largest absolute Gasteiger partial charge is 0.376 e. The third-order valence-corrected chi connectivity index (χ3v) is 5.95. The van der Waals surface area contributed by atoms with Crippen LogP contribution < -0.4 is 11.2 Å². The van der Waals surface area contributed by atoms with E-state index in [1.807, 2.05) is 0 Å². The first kappa shape index (κ1) is 14.8. The molecule has 23 heavy (non-hydrogen) atoms. The molecule has 122 valence electrons. The molecule has 1 aliphatic carbocycles. The summed E-state index contributed by atoms with van der Waals surface area (Å²) in [5.41, 5.74) is 0.164. The third-order valence-electron chi connectivity index (χ3n) is 4.71. The fourth-order valence-corrected chi connectivity index (χ4v) is 4.42. The van der Waals surface area contributed by atoms with Gasteiger partial charge in [-0.05, 0) is 38.2 Å². The number of thiophene rings is 1. The van der Waals surface area contributed by atoms with Gasteiger partial charge in [0.2, 0.25) is 0 Å². The van der Waals surface area contributed by atoms with Crippen LogP contribution in [0.1, 0.15) is 47.0 Å². The van der Waals surface area contributed by atoms with Gasteiger partial charge in [0.1, 0.15) is 4.83 Å².